The molecule has 1 saturated heterocycles. The van der Waals surface area contributed by atoms with Gasteiger partial charge in [0.25, 0.3) is 0 Å². The minimum absolute atomic E-state index is 0.0169. The van der Waals surface area contributed by atoms with Gasteiger partial charge in [-0.3, -0.25) is 14.5 Å². The minimum atomic E-state index is -0.585. The predicted octanol–water partition coefficient (Wildman–Crippen LogP) is 4.04. The van der Waals surface area contributed by atoms with Crippen molar-refractivity contribution in [2.75, 3.05) is 17.2 Å². The molecule has 0 aliphatic carbocycles. The molecule has 0 bridgehead atoms. The molecular weight excluding hydrogens is 440 g/mol. The number of ether oxygens (including phenoxy) is 1. The van der Waals surface area contributed by atoms with Crippen molar-refractivity contribution >= 4 is 40.1 Å². The Bertz CT molecular complexity index is 1210. The van der Waals surface area contributed by atoms with E-state index in [0.29, 0.717) is 24.5 Å². The van der Waals surface area contributed by atoms with Gasteiger partial charge in [0, 0.05) is 23.2 Å². The first-order chi connectivity index (χ1) is 16.1. The third-order valence-electron chi connectivity index (χ3n) is 5.76. The lowest BCUT2D eigenvalue weighted by molar-refractivity contribution is -0.120. The first-order valence-corrected chi connectivity index (χ1v) is 11.6. The van der Waals surface area contributed by atoms with Crippen LogP contribution in [0.3, 0.4) is 0 Å². The van der Waals surface area contributed by atoms with E-state index < -0.39 is 12.1 Å². The Balaban J connectivity index is 1.21. The maximum Gasteiger partial charge on any atom is 0.410 e. The highest BCUT2D eigenvalue weighted by Gasteiger charge is 2.35. The molecule has 9 heteroatoms. The highest BCUT2D eigenvalue weighted by Crippen LogP contribution is 2.31. The highest BCUT2D eigenvalue weighted by molar-refractivity contribution is 7.14. The number of hydrogen-bond donors (Lipinski definition) is 2. The summed E-state index contributed by atoms with van der Waals surface area (Å²) in [6, 6.07) is 14.6. The van der Waals surface area contributed by atoms with Crippen LogP contribution in [0, 0.1) is 0 Å². The number of carbonyl (C=O) groups excluding carboxylic acids is 3. The Morgan fingerprint density at radius 2 is 2.06 bits per heavy atom. The molecule has 2 N–H and O–H groups in total. The van der Waals surface area contributed by atoms with E-state index in [9.17, 15) is 14.4 Å². The van der Waals surface area contributed by atoms with Gasteiger partial charge in [0.15, 0.2) is 5.13 Å². The van der Waals surface area contributed by atoms with Crippen LogP contribution in [-0.4, -0.2) is 40.4 Å². The highest BCUT2D eigenvalue weighted by atomic mass is 32.1. The van der Waals surface area contributed by atoms with E-state index in [-0.39, 0.29) is 18.4 Å². The van der Waals surface area contributed by atoms with Gasteiger partial charge in [-0.15, -0.1) is 11.3 Å². The second-order valence-corrected chi connectivity index (χ2v) is 8.87. The summed E-state index contributed by atoms with van der Waals surface area (Å²) in [7, 11) is 0. The quantitative estimate of drug-likeness (QED) is 0.596. The zero-order chi connectivity index (χ0) is 22.8. The van der Waals surface area contributed by atoms with E-state index in [1.807, 2.05) is 53.9 Å². The molecule has 1 aromatic heterocycles. The molecule has 168 valence electrons. The average Bonchev–Trinajstić information content (AvgIpc) is 3.56. The fourth-order valence-electron chi connectivity index (χ4n) is 4.10. The molecule has 0 spiro atoms. The van der Waals surface area contributed by atoms with Crippen LogP contribution < -0.4 is 10.6 Å². The Hall–Kier alpha value is -3.72. The van der Waals surface area contributed by atoms with Gasteiger partial charge in [-0.1, -0.05) is 36.4 Å². The number of nitrogens with one attached hydrogen (secondary N) is 2. The minimum Gasteiger partial charge on any atom is -0.445 e. The van der Waals surface area contributed by atoms with Crippen LogP contribution in [0.5, 0.6) is 0 Å². The number of thiazole rings is 1. The first-order valence-electron chi connectivity index (χ1n) is 10.7. The number of carbonyl (C=O) groups is 3. The fraction of sp³-hybridized carbons (Fsp3) is 0.250. The van der Waals surface area contributed by atoms with E-state index in [1.165, 1.54) is 16.2 Å². The molecule has 1 unspecified atom stereocenters. The van der Waals surface area contributed by atoms with Gasteiger partial charge in [0.2, 0.25) is 11.8 Å². The van der Waals surface area contributed by atoms with Crippen molar-refractivity contribution in [1.29, 1.82) is 0 Å². The van der Waals surface area contributed by atoms with Crippen LogP contribution in [-0.2, 0) is 27.4 Å². The Morgan fingerprint density at radius 1 is 1.21 bits per heavy atom. The smallest absolute Gasteiger partial charge is 0.410 e. The third kappa shape index (κ3) is 4.58. The molecule has 3 heterocycles. The molecule has 1 atom stereocenters. The van der Waals surface area contributed by atoms with E-state index in [2.05, 4.69) is 15.6 Å². The van der Waals surface area contributed by atoms with E-state index in [4.69, 9.17) is 4.74 Å². The lowest BCUT2D eigenvalue weighted by Gasteiger charge is -2.22. The summed E-state index contributed by atoms with van der Waals surface area (Å²) in [6.45, 7) is 0.652. The van der Waals surface area contributed by atoms with Crippen molar-refractivity contribution in [3.8, 4) is 11.3 Å². The number of rotatable bonds is 5. The normalized spacial score (nSPS) is 16.9. The Morgan fingerprint density at radius 3 is 2.91 bits per heavy atom. The Labute approximate surface area is 194 Å². The number of anilines is 2. The van der Waals surface area contributed by atoms with Gasteiger partial charge in [-0.05, 0) is 36.1 Å². The predicted molar refractivity (Wildman–Crippen MR) is 125 cm³/mol. The molecular formula is C24H22N4O4S. The second-order valence-electron chi connectivity index (χ2n) is 8.02. The molecule has 33 heavy (non-hydrogen) atoms. The number of fused-ring (bicyclic) bond motifs is 1. The van der Waals surface area contributed by atoms with Crippen LogP contribution in [0.25, 0.3) is 11.3 Å². The lowest BCUT2D eigenvalue weighted by atomic mass is 10.1. The largest absolute Gasteiger partial charge is 0.445 e. The van der Waals surface area contributed by atoms with Crippen molar-refractivity contribution in [3.63, 3.8) is 0 Å². The zero-order valence-electron chi connectivity index (χ0n) is 17.7. The van der Waals surface area contributed by atoms with Crippen LogP contribution in [0.1, 0.15) is 24.0 Å². The molecule has 0 saturated carbocycles. The molecule has 3 amide bonds. The molecule has 3 aromatic rings. The van der Waals surface area contributed by atoms with Crippen LogP contribution in [0.15, 0.2) is 53.9 Å². The second kappa shape index (κ2) is 9.03. The number of benzene rings is 2. The van der Waals surface area contributed by atoms with Crippen LogP contribution >= 0.6 is 11.3 Å². The molecule has 5 rings (SSSR count). The third-order valence-corrected chi connectivity index (χ3v) is 6.51. The van der Waals surface area contributed by atoms with Gasteiger partial charge < -0.3 is 15.4 Å². The fourth-order valence-corrected chi connectivity index (χ4v) is 4.82. The summed E-state index contributed by atoms with van der Waals surface area (Å²) in [5.41, 5.74) is 4.27. The van der Waals surface area contributed by atoms with Crippen molar-refractivity contribution in [1.82, 2.24) is 9.88 Å². The molecule has 2 aromatic carbocycles. The summed E-state index contributed by atoms with van der Waals surface area (Å²) in [5, 5.41) is 7.99. The molecule has 0 radical (unpaired) electrons. The summed E-state index contributed by atoms with van der Waals surface area (Å²) < 4.78 is 5.41. The van der Waals surface area contributed by atoms with Crippen LogP contribution in [0.2, 0.25) is 0 Å². The monoisotopic (exact) mass is 462 g/mol. The van der Waals surface area contributed by atoms with E-state index in [1.54, 1.807) is 0 Å². The molecule has 2 aliphatic rings. The Kier molecular flexibility index (Phi) is 5.78. The van der Waals surface area contributed by atoms with Gasteiger partial charge >= 0.3 is 6.09 Å². The topological polar surface area (TPSA) is 101 Å². The van der Waals surface area contributed by atoms with E-state index in [0.717, 1.165) is 34.5 Å². The maximum absolute atomic E-state index is 12.9. The number of likely N-dealkylation sites (tertiary alicyclic amines) is 1. The molecule has 8 nitrogen and oxygen atoms in total. The maximum atomic E-state index is 12.9. The summed E-state index contributed by atoms with van der Waals surface area (Å²) >= 11 is 1.32. The van der Waals surface area contributed by atoms with Crippen molar-refractivity contribution in [2.24, 2.45) is 0 Å². The summed E-state index contributed by atoms with van der Waals surface area (Å²) in [6.07, 6.45) is 1.19. The first kappa shape index (κ1) is 21.1. The van der Waals surface area contributed by atoms with Gasteiger partial charge in [-0.25, -0.2) is 9.78 Å². The zero-order valence-corrected chi connectivity index (χ0v) is 18.6. The SMILES string of the molecule is O=C1Cc2cc(-c3csc(NC(=O)C4CCCN4C(=O)OCc4ccccc4)n3)ccc2N1. The van der Waals surface area contributed by atoms with Gasteiger partial charge in [-0.2, -0.15) is 0 Å². The van der Waals surface area contributed by atoms with Crippen molar-refractivity contribution in [2.45, 2.75) is 31.9 Å². The average molecular weight is 463 g/mol. The summed E-state index contributed by atoms with van der Waals surface area (Å²) in [5.74, 6) is -0.286. The van der Waals surface area contributed by atoms with Gasteiger partial charge in [0.1, 0.15) is 12.6 Å². The number of nitrogens with zero attached hydrogens (tertiary/aromatic N) is 2. The number of amides is 3. The number of hydrogen-bond acceptors (Lipinski definition) is 6. The molecule has 1 fully saturated rings. The van der Waals surface area contributed by atoms with Crippen LogP contribution in [0.4, 0.5) is 15.6 Å². The molecule has 2 aliphatic heterocycles. The summed E-state index contributed by atoms with van der Waals surface area (Å²) in [4.78, 5) is 43.1. The van der Waals surface area contributed by atoms with Crippen molar-refractivity contribution < 1.29 is 19.1 Å². The lowest BCUT2D eigenvalue weighted by Crippen LogP contribution is -2.43. The van der Waals surface area contributed by atoms with Crippen molar-refractivity contribution in [3.05, 3.63) is 65.0 Å². The van der Waals surface area contributed by atoms with E-state index >= 15 is 0 Å². The standard InChI is InChI=1S/C24H22N4O4S/c29-21-12-17-11-16(8-9-18(17)25-21)19-14-33-23(26-19)27-22(30)20-7-4-10-28(20)24(31)32-13-15-5-2-1-3-6-15/h1-3,5-6,8-9,11,14,20H,4,7,10,12-13H2,(H,25,29)(H,26,27,30). The number of aromatic nitrogens is 1. The van der Waals surface area contributed by atoms with Gasteiger partial charge in [0.05, 0.1) is 12.1 Å².